The molecule has 1 saturated carbocycles. The third kappa shape index (κ3) is 3.90. The second-order valence-corrected chi connectivity index (χ2v) is 9.96. The van der Waals surface area contributed by atoms with Crippen LogP contribution >= 0.6 is 11.6 Å². The quantitative estimate of drug-likeness (QED) is 0.627. The normalized spacial score (nSPS) is 16.8. The van der Waals surface area contributed by atoms with Crippen molar-refractivity contribution in [1.29, 1.82) is 0 Å². The average molecular weight is 403 g/mol. The number of rotatable bonds is 5. The predicted octanol–water partition coefficient (Wildman–Crippen LogP) is 5.33. The lowest BCUT2D eigenvalue weighted by atomic mass is 9.85. The second-order valence-electron chi connectivity index (χ2n) is 7.57. The van der Waals surface area contributed by atoms with Crippen LogP contribution in [0, 0.1) is 5.92 Å². The lowest BCUT2D eigenvalue weighted by molar-refractivity contribution is 0.469. The first-order valence-corrected chi connectivity index (χ1v) is 11.6. The Kier molecular flexibility index (Phi) is 4.99. The SMILES string of the molecule is CS(=O)(=O)c1ccc(C(CC2CCCC2)c2cc3cccnc3[nH]2)cc1Cl. The van der Waals surface area contributed by atoms with E-state index in [1.807, 2.05) is 18.2 Å². The summed E-state index contributed by atoms with van der Waals surface area (Å²) in [6.45, 7) is 0. The van der Waals surface area contributed by atoms with Gasteiger partial charge in [0.05, 0.1) is 9.92 Å². The van der Waals surface area contributed by atoms with E-state index in [2.05, 4.69) is 22.1 Å². The highest BCUT2D eigenvalue weighted by Crippen LogP contribution is 2.39. The van der Waals surface area contributed by atoms with Crippen LogP contribution in [0.1, 0.15) is 49.3 Å². The lowest BCUT2D eigenvalue weighted by Crippen LogP contribution is -2.08. The van der Waals surface area contributed by atoms with Gasteiger partial charge in [0.1, 0.15) is 5.65 Å². The van der Waals surface area contributed by atoms with Crippen molar-refractivity contribution >= 4 is 32.5 Å². The van der Waals surface area contributed by atoms with E-state index in [9.17, 15) is 8.42 Å². The number of nitrogens with one attached hydrogen (secondary N) is 1. The Balaban J connectivity index is 1.76. The van der Waals surface area contributed by atoms with Gasteiger partial charge in [0.25, 0.3) is 0 Å². The molecule has 27 heavy (non-hydrogen) atoms. The number of sulfone groups is 1. The molecule has 0 bridgehead atoms. The number of halogens is 1. The monoisotopic (exact) mass is 402 g/mol. The molecular weight excluding hydrogens is 380 g/mol. The van der Waals surface area contributed by atoms with E-state index in [4.69, 9.17) is 11.6 Å². The molecule has 0 radical (unpaired) electrons. The van der Waals surface area contributed by atoms with Gasteiger partial charge in [-0.3, -0.25) is 0 Å². The molecule has 1 aliphatic carbocycles. The zero-order valence-corrected chi connectivity index (χ0v) is 16.9. The van der Waals surface area contributed by atoms with Crippen LogP contribution in [0.25, 0.3) is 11.0 Å². The molecule has 1 fully saturated rings. The molecule has 1 unspecified atom stereocenters. The third-order valence-corrected chi connectivity index (χ3v) is 7.17. The number of aromatic amines is 1. The summed E-state index contributed by atoms with van der Waals surface area (Å²) in [5.41, 5.74) is 3.03. The molecule has 0 aliphatic heterocycles. The number of pyridine rings is 1. The fourth-order valence-electron chi connectivity index (χ4n) is 4.22. The maximum absolute atomic E-state index is 11.9. The molecule has 2 heterocycles. The van der Waals surface area contributed by atoms with Crippen molar-refractivity contribution in [3.05, 3.63) is 58.9 Å². The molecule has 2 aromatic heterocycles. The summed E-state index contributed by atoms with van der Waals surface area (Å²) in [4.78, 5) is 8.06. The Bertz CT molecular complexity index is 1040. The van der Waals surface area contributed by atoms with Crippen LogP contribution in [0.3, 0.4) is 0 Å². The van der Waals surface area contributed by atoms with Crippen LogP contribution < -0.4 is 0 Å². The van der Waals surface area contributed by atoms with Gasteiger partial charge >= 0.3 is 0 Å². The second kappa shape index (κ2) is 7.28. The summed E-state index contributed by atoms with van der Waals surface area (Å²) in [7, 11) is -3.33. The van der Waals surface area contributed by atoms with E-state index in [-0.39, 0.29) is 10.8 Å². The maximum atomic E-state index is 11.9. The van der Waals surface area contributed by atoms with Crippen molar-refractivity contribution in [1.82, 2.24) is 9.97 Å². The van der Waals surface area contributed by atoms with Crippen molar-refractivity contribution in [3.63, 3.8) is 0 Å². The van der Waals surface area contributed by atoms with Crippen LogP contribution in [0.5, 0.6) is 0 Å². The molecule has 1 atom stereocenters. The molecule has 6 heteroatoms. The summed E-state index contributed by atoms with van der Waals surface area (Å²) in [6, 6.07) is 11.5. The molecule has 1 N–H and O–H groups in total. The first-order chi connectivity index (χ1) is 12.9. The standard InChI is InChI=1S/C21H23ClN2O2S/c1-27(25,26)20-9-8-15(12-18(20)22)17(11-14-5-2-3-6-14)19-13-16-7-4-10-23-21(16)24-19/h4,7-10,12-14,17H,2-3,5-6,11H2,1H3,(H,23,24). The minimum Gasteiger partial charge on any atom is -0.343 e. The first kappa shape index (κ1) is 18.5. The summed E-state index contributed by atoms with van der Waals surface area (Å²) < 4.78 is 23.8. The molecule has 4 nitrogen and oxygen atoms in total. The molecule has 0 saturated heterocycles. The molecule has 1 aromatic carbocycles. The van der Waals surface area contributed by atoms with Crippen molar-refractivity contribution in [2.75, 3.05) is 6.26 Å². The number of hydrogen-bond donors (Lipinski definition) is 1. The Hall–Kier alpha value is -1.85. The Morgan fingerprint density at radius 2 is 2.00 bits per heavy atom. The average Bonchev–Trinajstić information content (AvgIpc) is 3.27. The van der Waals surface area contributed by atoms with E-state index in [0.717, 1.165) is 28.7 Å². The highest BCUT2D eigenvalue weighted by Gasteiger charge is 2.25. The summed E-state index contributed by atoms with van der Waals surface area (Å²) in [5, 5.41) is 1.38. The van der Waals surface area contributed by atoms with Crippen LogP contribution in [0.4, 0.5) is 0 Å². The van der Waals surface area contributed by atoms with Gasteiger partial charge in [0, 0.05) is 29.5 Å². The molecule has 142 valence electrons. The van der Waals surface area contributed by atoms with E-state index >= 15 is 0 Å². The highest BCUT2D eigenvalue weighted by molar-refractivity contribution is 7.90. The number of H-pyrrole nitrogens is 1. The lowest BCUT2D eigenvalue weighted by Gasteiger charge is -2.21. The van der Waals surface area contributed by atoms with Gasteiger partial charge in [0.2, 0.25) is 0 Å². The predicted molar refractivity (Wildman–Crippen MR) is 109 cm³/mol. The number of nitrogens with zero attached hydrogens (tertiary/aromatic N) is 1. The molecular formula is C21H23ClN2O2S. The molecule has 3 aromatic rings. The van der Waals surface area contributed by atoms with Gasteiger partial charge in [-0.1, -0.05) is 43.4 Å². The largest absolute Gasteiger partial charge is 0.343 e. The Labute approximate surface area is 164 Å². The number of benzene rings is 1. The maximum Gasteiger partial charge on any atom is 0.176 e. The fourth-order valence-corrected chi connectivity index (χ4v) is 5.56. The molecule has 4 rings (SSSR count). The van der Waals surface area contributed by atoms with Gasteiger partial charge in [-0.05, 0) is 48.2 Å². The van der Waals surface area contributed by atoms with Crippen LogP contribution in [0.2, 0.25) is 5.02 Å². The van der Waals surface area contributed by atoms with Crippen molar-refractivity contribution in [2.24, 2.45) is 5.92 Å². The minimum absolute atomic E-state index is 0.147. The van der Waals surface area contributed by atoms with Crippen molar-refractivity contribution in [3.8, 4) is 0 Å². The van der Waals surface area contributed by atoms with Crippen molar-refractivity contribution < 1.29 is 8.42 Å². The van der Waals surface area contributed by atoms with Gasteiger partial charge in [-0.15, -0.1) is 0 Å². The fraction of sp³-hybridized carbons (Fsp3) is 0.381. The van der Waals surface area contributed by atoms with E-state index in [0.29, 0.717) is 10.9 Å². The zero-order valence-electron chi connectivity index (χ0n) is 15.3. The molecule has 0 amide bonds. The Morgan fingerprint density at radius 1 is 1.22 bits per heavy atom. The molecule has 1 aliphatic rings. The van der Waals surface area contributed by atoms with Crippen LogP contribution in [-0.4, -0.2) is 24.6 Å². The van der Waals surface area contributed by atoms with Gasteiger partial charge in [0.15, 0.2) is 9.84 Å². The van der Waals surface area contributed by atoms with Gasteiger partial charge in [-0.25, -0.2) is 13.4 Å². The van der Waals surface area contributed by atoms with Crippen LogP contribution in [-0.2, 0) is 9.84 Å². The summed E-state index contributed by atoms with van der Waals surface area (Å²) in [5.74, 6) is 0.830. The van der Waals surface area contributed by atoms with E-state index in [1.54, 1.807) is 12.3 Å². The number of aromatic nitrogens is 2. The zero-order chi connectivity index (χ0) is 19.0. The summed E-state index contributed by atoms with van der Waals surface area (Å²) >= 11 is 6.34. The topological polar surface area (TPSA) is 62.8 Å². The number of hydrogen-bond acceptors (Lipinski definition) is 3. The third-order valence-electron chi connectivity index (χ3n) is 5.59. The number of fused-ring (bicyclic) bond motifs is 1. The minimum atomic E-state index is -3.33. The van der Waals surface area contributed by atoms with Crippen LogP contribution in [0.15, 0.2) is 47.5 Å². The van der Waals surface area contributed by atoms with E-state index in [1.165, 1.54) is 31.9 Å². The molecule has 0 spiro atoms. The van der Waals surface area contributed by atoms with E-state index < -0.39 is 9.84 Å². The highest BCUT2D eigenvalue weighted by atomic mass is 35.5. The van der Waals surface area contributed by atoms with Gasteiger partial charge < -0.3 is 4.98 Å². The first-order valence-electron chi connectivity index (χ1n) is 9.35. The smallest absolute Gasteiger partial charge is 0.176 e. The summed E-state index contributed by atoms with van der Waals surface area (Å²) in [6.07, 6.45) is 9.09. The van der Waals surface area contributed by atoms with Gasteiger partial charge in [-0.2, -0.15) is 0 Å². The Morgan fingerprint density at radius 3 is 2.67 bits per heavy atom. The van der Waals surface area contributed by atoms with Crippen molar-refractivity contribution in [2.45, 2.75) is 42.9 Å².